The van der Waals surface area contributed by atoms with Gasteiger partial charge in [0.1, 0.15) is 10.3 Å². The Morgan fingerprint density at radius 2 is 2.31 bits per heavy atom. The van der Waals surface area contributed by atoms with E-state index < -0.39 is 0 Å². The molecule has 1 amide bonds. The van der Waals surface area contributed by atoms with Gasteiger partial charge in [-0.25, -0.2) is 4.98 Å². The lowest BCUT2D eigenvalue weighted by atomic mass is 10.3. The molecule has 0 saturated heterocycles. The summed E-state index contributed by atoms with van der Waals surface area (Å²) in [6, 6.07) is 5.32. The van der Waals surface area contributed by atoms with Gasteiger partial charge in [-0.1, -0.05) is 6.07 Å². The Morgan fingerprint density at radius 1 is 1.50 bits per heavy atom. The van der Waals surface area contributed by atoms with Crippen LogP contribution in [0.3, 0.4) is 0 Å². The number of unbranched alkanes of at least 4 members (excludes halogenated alkanes) is 1. The molecule has 1 aromatic rings. The fraction of sp³-hybridized carbons (Fsp3) is 0.455. The van der Waals surface area contributed by atoms with E-state index in [-0.39, 0.29) is 5.91 Å². The van der Waals surface area contributed by atoms with Gasteiger partial charge in [-0.3, -0.25) is 4.79 Å². The summed E-state index contributed by atoms with van der Waals surface area (Å²) >= 11 is 5.07. The molecule has 3 nitrogen and oxygen atoms in total. The fourth-order valence-corrected chi connectivity index (χ4v) is 2.04. The Bertz CT molecular complexity index is 347. The molecule has 0 aromatic carbocycles. The number of carbonyl (C=O) groups excluding carboxylic acids is 1. The highest BCUT2D eigenvalue weighted by molar-refractivity contribution is 9.10. The first-order valence-corrected chi connectivity index (χ1v) is 7.32. The Hall–Kier alpha value is -0.550. The van der Waals surface area contributed by atoms with E-state index in [1.165, 1.54) is 0 Å². The molecule has 0 bridgehead atoms. The van der Waals surface area contributed by atoms with Crippen LogP contribution in [0, 0.1) is 0 Å². The van der Waals surface area contributed by atoms with Crippen LogP contribution in [-0.4, -0.2) is 29.4 Å². The van der Waals surface area contributed by atoms with Crippen molar-refractivity contribution in [1.82, 2.24) is 10.3 Å². The van der Waals surface area contributed by atoms with E-state index in [4.69, 9.17) is 0 Å². The van der Waals surface area contributed by atoms with Gasteiger partial charge in [0.05, 0.1) is 0 Å². The van der Waals surface area contributed by atoms with Crippen LogP contribution in [-0.2, 0) is 0 Å². The number of nitrogens with one attached hydrogen (secondary N) is 1. The molecule has 0 aliphatic rings. The summed E-state index contributed by atoms with van der Waals surface area (Å²) in [7, 11) is 0. The summed E-state index contributed by atoms with van der Waals surface area (Å²) in [6.45, 7) is 0.716. The third kappa shape index (κ3) is 4.99. The normalized spacial score (nSPS) is 10.1. The molecule has 88 valence electrons. The maximum Gasteiger partial charge on any atom is 0.269 e. The predicted octanol–water partition coefficient (Wildman–Crippen LogP) is 2.72. The van der Waals surface area contributed by atoms with Gasteiger partial charge in [-0.2, -0.15) is 11.8 Å². The number of nitrogens with zero attached hydrogens (tertiary/aromatic N) is 1. The molecule has 5 heteroatoms. The second kappa shape index (κ2) is 7.68. The van der Waals surface area contributed by atoms with Crippen LogP contribution < -0.4 is 5.32 Å². The maximum atomic E-state index is 11.6. The van der Waals surface area contributed by atoms with Crippen molar-refractivity contribution in [3.63, 3.8) is 0 Å². The van der Waals surface area contributed by atoms with Crippen LogP contribution in [0.15, 0.2) is 22.8 Å². The van der Waals surface area contributed by atoms with Crippen molar-refractivity contribution in [1.29, 1.82) is 0 Å². The van der Waals surface area contributed by atoms with Crippen LogP contribution in [0.4, 0.5) is 0 Å². The lowest BCUT2D eigenvalue weighted by Gasteiger charge is -2.04. The zero-order valence-electron chi connectivity index (χ0n) is 9.20. The van der Waals surface area contributed by atoms with Gasteiger partial charge in [-0.05, 0) is 52.9 Å². The smallest absolute Gasteiger partial charge is 0.269 e. The molecule has 0 unspecified atom stereocenters. The van der Waals surface area contributed by atoms with Crippen molar-refractivity contribution < 1.29 is 4.79 Å². The molecule has 0 saturated carbocycles. The van der Waals surface area contributed by atoms with E-state index in [0.29, 0.717) is 16.8 Å². The molecule has 0 aliphatic heterocycles. The van der Waals surface area contributed by atoms with Gasteiger partial charge in [0, 0.05) is 6.54 Å². The first-order chi connectivity index (χ1) is 7.74. The van der Waals surface area contributed by atoms with Gasteiger partial charge in [0.15, 0.2) is 0 Å². The van der Waals surface area contributed by atoms with Crippen LogP contribution >= 0.6 is 27.7 Å². The molecule has 0 aliphatic carbocycles. The molecule has 0 radical (unpaired) electrons. The van der Waals surface area contributed by atoms with E-state index in [0.717, 1.165) is 18.6 Å². The third-order valence-electron chi connectivity index (χ3n) is 2.01. The first-order valence-electron chi connectivity index (χ1n) is 5.13. The topological polar surface area (TPSA) is 42.0 Å². The Morgan fingerprint density at radius 3 is 3.00 bits per heavy atom. The molecule has 1 rings (SSSR count). The van der Waals surface area contributed by atoms with Crippen LogP contribution in [0.2, 0.25) is 0 Å². The van der Waals surface area contributed by atoms with Gasteiger partial charge in [0.2, 0.25) is 0 Å². The lowest BCUT2D eigenvalue weighted by Crippen LogP contribution is -2.25. The number of pyridine rings is 1. The minimum absolute atomic E-state index is 0.106. The quantitative estimate of drug-likeness (QED) is 0.649. The maximum absolute atomic E-state index is 11.6. The summed E-state index contributed by atoms with van der Waals surface area (Å²) in [5.74, 6) is 1.04. The molecule has 1 N–H and O–H groups in total. The van der Waals surface area contributed by atoms with Crippen molar-refractivity contribution >= 4 is 33.6 Å². The van der Waals surface area contributed by atoms with Crippen LogP contribution in [0.1, 0.15) is 23.3 Å². The minimum Gasteiger partial charge on any atom is -0.351 e. The summed E-state index contributed by atoms with van der Waals surface area (Å²) in [4.78, 5) is 15.7. The second-order valence-corrected chi connectivity index (χ2v) is 5.10. The molecule has 0 atom stereocenters. The van der Waals surface area contributed by atoms with Crippen molar-refractivity contribution in [3.05, 3.63) is 28.5 Å². The first kappa shape index (κ1) is 13.5. The number of hydrogen-bond donors (Lipinski definition) is 1. The van der Waals surface area contributed by atoms with E-state index in [9.17, 15) is 4.79 Å². The van der Waals surface area contributed by atoms with Gasteiger partial charge in [0.25, 0.3) is 5.91 Å². The molecule has 1 aromatic heterocycles. The average Bonchev–Trinajstić information content (AvgIpc) is 2.28. The van der Waals surface area contributed by atoms with Gasteiger partial charge >= 0.3 is 0 Å². The molecular weight excluding hydrogens is 288 g/mol. The molecular formula is C11H15BrN2OS. The summed E-state index contributed by atoms with van der Waals surface area (Å²) < 4.78 is 0.683. The molecule has 0 fully saturated rings. The summed E-state index contributed by atoms with van der Waals surface area (Å²) in [5, 5.41) is 2.85. The largest absolute Gasteiger partial charge is 0.351 e. The Kier molecular flexibility index (Phi) is 6.49. The van der Waals surface area contributed by atoms with E-state index in [1.54, 1.807) is 18.2 Å². The standard InChI is InChI=1S/C11H15BrN2OS/c1-16-8-3-2-7-13-11(15)9-5-4-6-10(12)14-9/h4-6H,2-3,7-8H2,1H3,(H,13,15). The Balaban J connectivity index is 2.30. The third-order valence-corrected chi connectivity index (χ3v) is 3.15. The monoisotopic (exact) mass is 302 g/mol. The van der Waals surface area contributed by atoms with Crippen LogP contribution in [0.5, 0.6) is 0 Å². The number of thioether (sulfide) groups is 1. The predicted molar refractivity (Wildman–Crippen MR) is 71.9 cm³/mol. The highest BCUT2D eigenvalue weighted by Gasteiger charge is 2.05. The lowest BCUT2D eigenvalue weighted by molar-refractivity contribution is 0.0948. The minimum atomic E-state index is -0.106. The highest BCUT2D eigenvalue weighted by atomic mass is 79.9. The van der Waals surface area contributed by atoms with E-state index in [1.807, 2.05) is 11.8 Å². The zero-order valence-corrected chi connectivity index (χ0v) is 11.6. The molecule has 1 heterocycles. The number of carbonyl (C=O) groups is 1. The van der Waals surface area contributed by atoms with Crippen molar-refractivity contribution in [2.75, 3.05) is 18.6 Å². The number of hydrogen-bond acceptors (Lipinski definition) is 3. The number of rotatable bonds is 6. The van der Waals surface area contributed by atoms with Crippen molar-refractivity contribution in [3.8, 4) is 0 Å². The second-order valence-electron chi connectivity index (χ2n) is 3.30. The number of aromatic nitrogens is 1. The van der Waals surface area contributed by atoms with Crippen LogP contribution in [0.25, 0.3) is 0 Å². The van der Waals surface area contributed by atoms with E-state index >= 15 is 0 Å². The molecule has 0 spiro atoms. The number of halogens is 1. The zero-order chi connectivity index (χ0) is 11.8. The average molecular weight is 303 g/mol. The molecule has 16 heavy (non-hydrogen) atoms. The summed E-state index contributed by atoms with van der Waals surface area (Å²) in [5.41, 5.74) is 0.458. The number of amides is 1. The van der Waals surface area contributed by atoms with Gasteiger partial charge < -0.3 is 5.32 Å². The van der Waals surface area contributed by atoms with E-state index in [2.05, 4.69) is 32.5 Å². The highest BCUT2D eigenvalue weighted by Crippen LogP contribution is 2.06. The SMILES string of the molecule is CSCCCCNC(=O)c1cccc(Br)n1. The van der Waals surface area contributed by atoms with Crippen molar-refractivity contribution in [2.24, 2.45) is 0 Å². The fourth-order valence-electron chi connectivity index (χ4n) is 1.20. The Labute approximate surface area is 109 Å². The summed E-state index contributed by atoms with van der Waals surface area (Å²) in [6.07, 6.45) is 4.23. The van der Waals surface area contributed by atoms with Crippen molar-refractivity contribution in [2.45, 2.75) is 12.8 Å². The van der Waals surface area contributed by atoms with Gasteiger partial charge in [-0.15, -0.1) is 0 Å².